The Labute approximate surface area is 116 Å². The Balaban J connectivity index is 1.67. The van der Waals surface area contributed by atoms with Gasteiger partial charge in [0.1, 0.15) is 0 Å². The monoisotopic (exact) mass is 272 g/mol. The summed E-state index contributed by atoms with van der Waals surface area (Å²) in [4.78, 5) is 0. The molecule has 2 rings (SSSR count). The standard InChI is InChI=1S/C15H28O4/c1-14(3-8-17-9-4-14)5-10-19-13-15(16-2)6-11-18-12-7-15/h3-13H2,1-2H3. The van der Waals surface area contributed by atoms with E-state index < -0.39 is 0 Å². The quantitative estimate of drug-likeness (QED) is 0.696. The first kappa shape index (κ1) is 15.2. The maximum Gasteiger partial charge on any atom is 0.0954 e. The average Bonchev–Trinajstić information content (AvgIpc) is 2.46. The van der Waals surface area contributed by atoms with Crippen LogP contribution in [-0.4, -0.2) is 52.4 Å². The number of rotatable bonds is 6. The topological polar surface area (TPSA) is 36.9 Å². The van der Waals surface area contributed by atoms with Gasteiger partial charge in [-0.3, -0.25) is 0 Å². The van der Waals surface area contributed by atoms with Crippen molar-refractivity contribution in [3.63, 3.8) is 0 Å². The molecule has 2 heterocycles. The summed E-state index contributed by atoms with van der Waals surface area (Å²) in [7, 11) is 1.79. The smallest absolute Gasteiger partial charge is 0.0954 e. The summed E-state index contributed by atoms with van der Waals surface area (Å²) in [5.74, 6) is 0. The third-order valence-electron chi connectivity index (χ3n) is 4.75. The second-order valence-electron chi connectivity index (χ2n) is 6.23. The molecule has 0 amide bonds. The summed E-state index contributed by atoms with van der Waals surface area (Å²) < 4.78 is 22.4. The van der Waals surface area contributed by atoms with Crippen molar-refractivity contribution in [1.82, 2.24) is 0 Å². The molecule has 4 nitrogen and oxygen atoms in total. The molecule has 112 valence electrons. The molecule has 0 atom stereocenters. The molecule has 0 aromatic heterocycles. The molecule has 2 aliphatic heterocycles. The Kier molecular flexibility index (Phi) is 5.63. The van der Waals surface area contributed by atoms with E-state index in [9.17, 15) is 0 Å². The summed E-state index contributed by atoms with van der Waals surface area (Å²) in [6, 6.07) is 0. The highest BCUT2D eigenvalue weighted by Crippen LogP contribution is 2.33. The van der Waals surface area contributed by atoms with Crippen molar-refractivity contribution >= 4 is 0 Å². The Hall–Kier alpha value is -0.160. The van der Waals surface area contributed by atoms with Crippen molar-refractivity contribution in [3.05, 3.63) is 0 Å². The normalized spacial score (nSPS) is 26.2. The highest BCUT2D eigenvalue weighted by atomic mass is 16.5. The highest BCUT2D eigenvalue weighted by Gasteiger charge is 2.33. The highest BCUT2D eigenvalue weighted by molar-refractivity contribution is 4.83. The first-order valence-corrected chi connectivity index (χ1v) is 7.47. The molecule has 0 aromatic carbocycles. The lowest BCUT2D eigenvalue weighted by Crippen LogP contribution is -2.42. The van der Waals surface area contributed by atoms with Crippen LogP contribution < -0.4 is 0 Å². The van der Waals surface area contributed by atoms with Crippen LogP contribution in [0, 0.1) is 5.41 Å². The van der Waals surface area contributed by atoms with Gasteiger partial charge in [-0.05, 0) is 24.7 Å². The predicted octanol–water partition coefficient (Wildman–Crippen LogP) is 2.41. The molecule has 0 spiro atoms. The summed E-state index contributed by atoms with van der Waals surface area (Å²) >= 11 is 0. The van der Waals surface area contributed by atoms with Crippen molar-refractivity contribution < 1.29 is 18.9 Å². The zero-order valence-electron chi connectivity index (χ0n) is 12.4. The molecule has 0 aromatic rings. The summed E-state index contributed by atoms with van der Waals surface area (Å²) in [5, 5.41) is 0. The molecule has 2 saturated heterocycles. The van der Waals surface area contributed by atoms with Gasteiger partial charge < -0.3 is 18.9 Å². The SMILES string of the molecule is COC1(COCCC2(C)CCOCC2)CCOCC1. The fourth-order valence-electron chi connectivity index (χ4n) is 2.84. The van der Waals surface area contributed by atoms with Crippen LogP contribution in [0.4, 0.5) is 0 Å². The van der Waals surface area contributed by atoms with Gasteiger partial charge >= 0.3 is 0 Å². The molecule has 0 saturated carbocycles. The minimum atomic E-state index is -0.116. The lowest BCUT2D eigenvalue weighted by atomic mass is 9.80. The second kappa shape index (κ2) is 7.02. The largest absolute Gasteiger partial charge is 0.381 e. The summed E-state index contributed by atoms with van der Waals surface area (Å²) in [6.45, 7) is 7.23. The van der Waals surface area contributed by atoms with Gasteiger partial charge in [-0.2, -0.15) is 0 Å². The Morgan fingerprint density at radius 1 is 0.947 bits per heavy atom. The number of hydrogen-bond acceptors (Lipinski definition) is 4. The van der Waals surface area contributed by atoms with Gasteiger partial charge in [0, 0.05) is 53.0 Å². The number of hydrogen-bond donors (Lipinski definition) is 0. The Morgan fingerprint density at radius 3 is 2.11 bits per heavy atom. The zero-order chi connectivity index (χ0) is 13.6. The van der Waals surface area contributed by atoms with E-state index in [-0.39, 0.29) is 5.60 Å². The van der Waals surface area contributed by atoms with Gasteiger partial charge in [-0.15, -0.1) is 0 Å². The van der Waals surface area contributed by atoms with Crippen LogP contribution in [0.15, 0.2) is 0 Å². The molecule has 0 bridgehead atoms. The molecule has 0 unspecified atom stereocenters. The minimum absolute atomic E-state index is 0.116. The zero-order valence-corrected chi connectivity index (χ0v) is 12.4. The first-order chi connectivity index (χ1) is 9.18. The van der Waals surface area contributed by atoms with Gasteiger partial charge in [-0.25, -0.2) is 0 Å². The molecule has 0 aliphatic carbocycles. The maximum absolute atomic E-state index is 5.91. The van der Waals surface area contributed by atoms with E-state index in [0.717, 1.165) is 65.1 Å². The van der Waals surface area contributed by atoms with E-state index in [2.05, 4.69) is 6.92 Å². The first-order valence-electron chi connectivity index (χ1n) is 7.47. The molecule has 4 heteroatoms. The number of ether oxygens (including phenoxy) is 4. The molecule has 0 radical (unpaired) electrons. The Morgan fingerprint density at radius 2 is 1.53 bits per heavy atom. The van der Waals surface area contributed by atoms with Crippen LogP contribution in [-0.2, 0) is 18.9 Å². The van der Waals surface area contributed by atoms with Crippen molar-refractivity contribution in [1.29, 1.82) is 0 Å². The number of methoxy groups -OCH3 is 1. The van der Waals surface area contributed by atoms with Crippen molar-refractivity contribution in [2.75, 3.05) is 46.8 Å². The summed E-state index contributed by atoms with van der Waals surface area (Å²) in [5.41, 5.74) is 0.281. The fraction of sp³-hybridized carbons (Fsp3) is 1.00. The van der Waals surface area contributed by atoms with Crippen molar-refractivity contribution in [2.45, 2.75) is 44.6 Å². The molecule has 19 heavy (non-hydrogen) atoms. The molecular weight excluding hydrogens is 244 g/mol. The van der Waals surface area contributed by atoms with Crippen molar-refractivity contribution in [3.8, 4) is 0 Å². The van der Waals surface area contributed by atoms with Crippen LogP contribution >= 0.6 is 0 Å². The van der Waals surface area contributed by atoms with E-state index >= 15 is 0 Å². The van der Waals surface area contributed by atoms with Crippen LogP contribution in [0.2, 0.25) is 0 Å². The third-order valence-corrected chi connectivity index (χ3v) is 4.75. The lowest BCUT2D eigenvalue weighted by molar-refractivity contribution is -0.131. The fourth-order valence-corrected chi connectivity index (χ4v) is 2.84. The van der Waals surface area contributed by atoms with E-state index in [0.29, 0.717) is 12.0 Å². The molecule has 0 N–H and O–H groups in total. The van der Waals surface area contributed by atoms with E-state index in [1.54, 1.807) is 7.11 Å². The van der Waals surface area contributed by atoms with Gasteiger partial charge in [0.05, 0.1) is 12.2 Å². The third kappa shape index (κ3) is 4.42. The van der Waals surface area contributed by atoms with E-state index in [1.807, 2.05) is 0 Å². The van der Waals surface area contributed by atoms with Crippen LogP contribution in [0.3, 0.4) is 0 Å². The molecular formula is C15H28O4. The minimum Gasteiger partial charge on any atom is -0.381 e. The summed E-state index contributed by atoms with van der Waals surface area (Å²) in [6.07, 6.45) is 5.30. The van der Waals surface area contributed by atoms with Crippen molar-refractivity contribution in [2.24, 2.45) is 5.41 Å². The van der Waals surface area contributed by atoms with Gasteiger partial charge in [0.2, 0.25) is 0 Å². The van der Waals surface area contributed by atoms with Crippen LogP contribution in [0.1, 0.15) is 39.0 Å². The van der Waals surface area contributed by atoms with E-state index in [1.165, 1.54) is 0 Å². The lowest BCUT2D eigenvalue weighted by Gasteiger charge is -2.37. The van der Waals surface area contributed by atoms with E-state index in [4.69, 9.17) is 18.9 Å². The van der Waals surface area contributed by atoms with Crippen LogP contribution in [0.25, 0.3) is 0 Å². The second-order valence-corrected chi connectivity index (χ2v) is 6.23. The Bertz CT molecular complexity index is 255. The van der Waals surface area contributed by atoms with Gasteiger partial charge in [-0.1, -0.05) is 6.92 Å². The molecule has 2 aliphatic rings. The maximum atomic E-state index is 5.91. The molecule has 2 fully saturated rings. The van der Waals surface area contributed by atoms with Gasteiger partial charge in [0.25, 0.3) is 0 Å². The van der Waals surface area contributed by atoms with Crippen LogP contribution in [0.5, 0.6) is 0 Å². The predicted molar refractivity (Wildman–Crippen MR) is 73.4 cm³/mol. The van der Waals surface area contributed by atoms with Gasteiger partial charge in [0.15, 0.2) is 0 Å². The average molecular weight is 272 g/mol.